The first kappa shape index (κ1) is 13.7. The Bertz CT molecular complexity index is 755. The van der Waals surface area contributed by atoms with Crippen LogP contribution >= 0.6 is 11.3 Å². The molecule has 0 aliphatic heterocycles. The number of hydrogen-bond donors (Lipinski definition) is 1. The third-order valence-corrected chi connectivity index (χ3v) is 3.96. The van der Waals surface area contributed by atoms with Gasteiger partial charge in [-0.1, -0.05) is 23.5 Å². The largest absolute Gasteiger partial charge is 0.497 e. The van der Waals surface area contributed by atoms with Crippen molar-refractivity contribution in [3.05, 3.63) is 42.5 Å². The van der Waals surface area contributed by atoms with E-state index < -0.39 is 0 Å². The lowest BCUT2D eigenvalue weighted by Crippen LogP contribution is -1.97. The van der Waals surface area contributed by atoms with Crippen molar-refractivity contribution in [3.8, 4) is 11.5 Å². The van der Waals surface area contributed by atoms with Crippen LogP contribution in [0.15, 0.2) is 42.5 Å². The Hall–Kier alpha value is -2.27. The fourth-order valence-corrected chi connectivity index (χ4v) is 2.96. The van der Waals surface area contributed by atoms with E-state index >= 15 is 0 Å². The third-order valence-electron chi connectivity index (χ3n) is 3.02. The second-order valence-electron chi connectivity index (χ2n) is 4.41. The van der Waals surface area contributed by atoms with Crippen LogP contribution in [-0.4, -0.2) is 18.7 Å². The maximum absolute atomic E-state index is 5.61. The van der Waals surface area contributed by atoms with Gasteiger partial charge in [-0.15, -0.1) is 0 Å². The van der Waals surface area contributed by atoms with Crippen molar-refractivity contribution >= 4 is 32.4 Å². The van der Waals surface area contributed by atoms with Crippen molar-refractivity contribution < 1.29 is 9.47 Å². The van der Waals surface area contributed by atoms with Crippen molar-refractivity contribution in [3.63, 3.8) is 0 Å². The number of benzene rings is 2. The average Bonchev–Trinajstić information content (AvgIpc) is 2.90. The zero-order chi connectivity index (χ0) is 14.7. The highest BCUT2D eigenvalue weighted by Gasteiger charge is 2.08. The molecule has 0 unspecified atom stereocenters. The second kappa shape index (κ2) is 6.01. The van der Waals surface area contributed by atoms with Crippen LogP contribution in [0.5, 0.6) is 11.5 Å². The fraction of sp³-hybridized carbons (Fsp3) is 0.188. The van der Waals surface area contributed by atoms with E-state index in [1.807, 2.05) is 49.4 Å². The number of methoxy groups -OCH3 is 1. The maximum atomic E-state index is 5.61. The lowest BCUT2D eigenvalue weighted by atomic mass is 10.3. The highest BCUT2D eigenvalue weighted by molar-refractivity contribution is 7.22. The van der Waals surface area contributed by atoms with E-state index in [0.29, 0.717) is 6.61 Å². The van der Waals surface area contributed by atoms with Gasteiger partial charge in [0.05, 0.1) is 29.6 Å². The van der Waals surface area contributed by atoms with E-state index in [4.69, 9.17) is 9.47 Å². The summed E-state index contributed by atoms with van der Waals surface area (Å²) in [6.07, 6.45) is 0. The van der Waals surface area contributed by atoms with Crippen LogP contribution in [0.2, 0.25) is 0 Å². The molecule has 1 heterocycles. The molecule has 1 N–H and O–H groups in total. The van der Waals surface area contributed by atoms with Gasteiger partial charge in [-0.05, 0) is 37.3 Å². The molecule has 0 aliphatic rings. The van der Waals surface area contributed by atoms with Gasteiger partial charge in [0.25, 0.3) is 0 Å². The zero-order valence-corrected chi connectivity index (χ0v) is 12.7. The molecule has 0 bridgehead atoms. The number of thiazole rings is 1. The van der Waals surface area contributed by atoms with Gasteiger partial charge in [0.1, 0.15) is 11.5 Å². The molecule has 5 heteroatoms. The summed E-state index contributed by atoms with van der Waals surface area (Å²) in [5.74, 6) is 1.67. The topological polar surface area (TPSA) is 43.4 Å². The third kappa shape index (κ3) is 2.92. The Morgan fingerprint density at radius 1 is 1.19 bits per heavy atom. The van der Waals surface area contributed by atoms with Crippen LogP contribution in [0.25, 0.3) is 10.2 Å². The second-order valence-corrected chi connectivity index (χ2v) is 5.44. The Morgan fingerprint density at radius 3 is 2.86 bits per heavy atom. The number of aromatic nitrogens is 1. The summed E-state index contributed by atoms with van der Waals surface area (Å²) >= 11 is 1.59. The predicted molar refractivity (Wildman–Crippen MR) is 87.1 cm³/mol. The monoisotopic (exact) mass is 300 g/mol. The molecule has 3 rings (SSSR count). The molecule has 21 heavy (non-hydrogen) atoms. The summed E-state index contributed by atoms with van der Waals surface area (Å²) in [5.41, 5.74) is 1.88. The first-order chi connectivity index (χ1) is 10.3. The van der Waals surface area contributed by atoms with E-state index in [0.717, 1.165) is 32.5 Å². The number of hydrogen-bond acceptors (Lipinski definition) is 5. The van der Waals surface area contributed by atoms with Gasteiger partial charge in [-0.3, -0.25) is 0 Å². The van der Waals surface area contributed by atoms with Crippen LogP contribution in [-0.2, 0) is 0 Å². The van der Waals surface area contributed by atoms with Crippen molar-refractivity contribution in [1.82, 2.24) is 4.98 Å². The van der Waals surface area contributed by atoms with E-state index in [1.165, 1.54) is 0 Å². The molecular formula is C16H16N2O2S. The predicted octanol–water partition coefficient (Wildman–Crippen LogP) is 4.45. The van der Waals surface area contributed by atoms with Crippen molar-refractivity contribution in [2.24, 2.45) is 0 Å². The summed E-state index contributed by atoms with van der Waals surface area (Å²) < 4.78 is 11.9. The zero-order valence-electron chi connectivity index (χ0n) is 11.9. The number of fused-ring (bicyclic) bond motifs is 1. The Balaban J connectivity index is 1.91. The number of rotatable bonds is 5. The average molecular weight is 300 g/mol. The normalized spacial score (nSPS) is 10.6. The van der Waals surface area contributed by atoms with E-state index in [2.05, 4.69) is 10.3 Å². The fourth-order valence-electron chi connectivity index (χ4n) is 2.05. The standard InChI is InChI=1S/C16H16N2O2S/c1-3-20-14-7-5-4-6-12(14)17-16-18-13-9-8-11(19-2)10-15(13)21-16/h4-10H,3H2,1-2H3,(H,17,18). The van der Waals surface area contributed by atoms with Crippen LogP contribution in [0.4, 0.5) is 10.8 Å². The SMILES string of the molecule is CCOc1ccccc1Nc1nc2ccc(OC)cc2s1. The minimum Gasteiger partial charge on any atom is -0.497 e. The molecule has 108 valence electrons. The molecule has 3 aromatic rings. The van der Waals surface area contributed by atoms with Gasteiger partial charge in [-0.25, -0.2) is 4.98 Å². The van der Waals surface area contributed by atoms with Crippen LogP contribution in [0.3, 0.4) is 0 Å². The number of anilines is 2. The summed E-state index contributed by atoms with van der Waals surface area (Å²) in [7, 11) is 1.67. The number of ether oxygens (including phenoxy) is 2. The van der Waals surface area contributed by atoms with E-state index in [9.17, 15) is 0 Å². The van der Waals surface area contributed by atoms with Gasteiger partial charge < -0.3 is 14.8 Å². The minimum absolute atomic E-state index is 0.635. The molecule has 0 amide bonds. The van der Waals surface area contributed by atoms with Gasteiger partial charge in [0.15, 0.2) is 5.13 Å². The lowest BCUT2D eigenvalue weighted by Gasteiger charge is -2.09. The quantitative estimate of drug-likeness (QED) is 0.756. The number of para-hydroxylation sites is 2. The van der Waals surface area contributed by atoms with Crippen LogP contribution in [0.1, 0.15) is 6.92 Å². The molecule has 4 nitrogen and oxygen atoms in total. The van der Waals surface area contributed by atoms with Crippen molar-refractivity contribution in [2.75, 3.05) is 19.0 Å². The number of nitrogens with zero attached hydrogens (tertiary/aromatic N) is 1. The summed E-state index contributed by atoms with van der Waals surface area (Å²) in [5, 5.41) is 4.16. The Kier molecular flexibility index (Phi) is 3.92. The molecule has 0 aliphatic carbocycles. The maximum Gasteiger partial charge on any atom is 0.188 e. The van der Waals surface area contributed by atoms with Crippen molar-refractivity contribution in [2.45, 2.75) is 6.92 Å². The first-order valence-electron chi connectivity index (χ1n) is 6.73. The molecular weight excluding hydrogens is 284 g/mol. The highest BCUT2D eigenvalue weighted by atomic mass is 32.1. The van der Waals surface area contributed by atoms with E-state index in [-0.39, 0.29) is 0 Å². The first-order valence-corrected chi connectivity index (χ1v) is 7.55. The molecule has 0 fully saturated rings. The van der Waals surface area contributed by atoms with Gasteiger partial charge in [0.2, 0.25) is 0 Å². The molecule has 0 atom stereocenters. The Labute approximate surface area is 127 Å². The number of nitrogens with one attached hydrogen (secondary N) is 1. The van der Waals surface area contributed by atoms with Crippen molar-refractivity contribution in [1.29, 1.82) is 0 Å². The molecule has 1 aromatic heterocycles. The molecule has 0 saturated carbocycles. The van der Waals surface area contributed by atoms with Gasteiger partial charge in [-0.2, -0.15) is 0 Å². The summed E-state index contributed by atoms with van der Waals surface area (Å²) in [6, 6.07) is 13.7. The van der Waals surface area contributed by atoms with Gasteiger partial charge in [0, 0.05) is 0 Å². The van der Waals surface area contributed by atoms with Crippen LogP contribution in [0, 0.1) is 0 Å². The Morgan fingerprint density at radius 2 is 2.05 bits per heavy atom. The van der Waals surface area contributed by atoms with Gasteiger partial charge >= 0.3 is 0 Å². The molecule has 2 aromatic carbocycles. The minimum atomic E-state index is 0.635. The molecule has 0 spiro atoms. The summed E-state index contributed by atoms with van der Waals surface area (Å²) in [4.78, 5) is 4.58. The molecule has 0 radical (unpaired) electrons. The summed E-state index contributed by atoms with van der Waals surface area (Å²) in [6.45, 7) is 2.61. The molecule has 0 saturated heterocycles. The van der Waals surface area contributed by atoms with Crippen LogP contribution < -0.4 is 14.8 Å². The highest BCUT2D eigenvalue weighted by Crippen LogP contribution is 2.33. The van der Waals surface area contributed by atoms with E-state index in [1.54, 1.807) is 18.4 Å². The lowest BCUT2D eigenvalue weighted by molar-refractivity contribution is 0.342. The smallest absolute Gasteiger partial charge is 0.188 e.